The monoisotopic (exact) mass is 250 g/mol. The molecule has 5 heteroatoms. The molecule has 98 valence electrons. The predicted molar refractivity (Wildman–Crippen MR) is 69.2 cm³/mol. The van der Waals surface area contributed by atoms with Crippen molar-refractivity contribution in [1.82, 2.24) is 9.97 Å². The molecule has 1 aliphatic carbocycles. The van der Waals surface area contributed by atoms with Crippen molar-refractivity contribution in [2.75, 3.05) is 29.9 Å². The van der Waals surface area contributed by atoms with Crippen LogP contribution >= 0.6 is 0 Å². The Morgan fingerprint density at radius 2 is 2.11 bits per heavy atom. The van der Waals surface area contributed by atoms with Gasteiger partial charge in [0, 0.05) is 19.6 Å². The van der Waals surface area contributed by atoms with E-state index in [-0.39, 0.29) is 5.82 Å². The van der Waals surface area contributed by atoms with Crippen LogP contribution in [0.25, 0.3) is 0 Å². The van der Waals surface area contributed by atoms with Crippen LogP contribution in [0.1, 0.15) is 26.2 Å². The largest absolute Gasteiger partial charge is 0.354 e. The third-order valence-electron chi connectivity index (χ3n) is 4.09. The Morgan fingerprint density at radius 3 is 2.78 bits per heavy atom. The second-order valence-corrected chi connectivity index (χ2v) is 5.25. The maximum Gasteiger partial charge on any atom is 0.224 e. The molecule has 3 rings (SSSR count). The van der Waals surface area contributed by atoms with E-state index in [2.05, 4.69) is 20.2 Å². The summed E-state index contributed by atoms with van der Waals surface area (Å²) >= 11 is 0. The summed E-state index contributed by atoms with van der Waals surface area (Å²) in [5.74, 6) is 2.15. The van der Waals surface area contributed by atoms with E-state index in [1.807, 2.05) is 6.92 Å². The summed E-state index contributed by atoms with van der Waals surface area (Å²) in [4.78, 5) is 10.3. The zero-order chi connectivity index (χ0) is 12.5. The molecule has 2 fully saturated rings. The lowest BCUT2D eigenvalue weighted by Gasteiger charge is -2.19. The van der Waals surface area contributed by atoms with Gasteiger partial charge >= 0.3 is 0 Å². The second kappa shape index (κ2) is 4.71. The average Bonchev–Trinajstić information content (AvgIpc) is 2.92. The fourth-order valence-electron chi connectivity index (χ4n) is 3.23. The highest BCUT2D eigenvalue weighted by Crippen LogP contribution is 2.39. The van der Waals surface area contributed by atoms with Crippen LogP contribution in [0, 0.1) is 17.7 Å². The number of nitrogens with zero attached hydrogens (tertiary/aromatic N) is 3. The highest BCUT2D eigenvalue weighted by atomic mass is 19.1. The van der Waals surface area contributed by atoms with Crippen LogP contribution in [0.3, 0.4) is 0 Å². The van der Waals surface area contributed by atoms with E-state index in [9.17, 15) is 4.39 Å². The zero-order valence-corrected chi connectivity index (χ0v) is 10.7. The molecule has 1 aliphatic heterocycles. The smallest absolute Gasteiger partial charge is 0.224 e. The molecule has 0 bridgehead atoms. The molecule has 0 radical (unpaired) electrons. The van der Waals surface area contributed by atoms with Crippen molar-refractivity contribution in [3.8, 4) is 0 Å². The molecule has 1 saturated carbocycles. The van der Waals surface area contributed by atoms with Gasteiger partial charge in [-0.2, -0.15) is 4.98 Å². The van der Waals surface area contributed by atoms with Crippen LogP contribution in [0.4, 0.5) is 16.2 Å². The van der Waals surface area contributed by atoms with Gasteiger partial charge in [-0.3, -0.25) is 0 Å². The minimum Gasteiger partial charge on any atom is -0.354 e. The maximum atomic E-state index is 13.8. The van der Waals surface area contributed by atoms with E-state index in [4.69, 9.17) is 0 Å². The van der Waals surface area contributed by atoms with E-state index >= 15 is 0 Å². The molecule has 0 spiro atoms. The molecule has 1 saturated heterocycles. The first-order valence-corrected chi connectivity index (χ1v) is 6.79. The van der Waals surface area contributed by atoms with Gasteiger partial charge in [-0.15, -0.1) is 0 Å². The van der Waals surface area contributed by atoms with Crippen LogP contribution in [0.5, 0.6) is 0 Å². The number of hydrogen-bond acceptors (Lipinski definition) is 4. The van der Waals surface area contributed by atoms with E-state index in [1.54, 1.807) is 0 Å². The molecule has 1 aromatic rings. The Balaban J connectivity index is 1.81. The Bertz CT molecular complexity index is 425. The highest BCUT2D eigenvalue weighted by molar-refractivity contribution is 5.45. The summed E-state index contributed by atoms with van der Waals surface area (Å²) < 4.78 is 13.8. The van der Waals surface area contributed by atoms with Crippen LogP contribution in [-0.4, -0.2) is 29.6 Å². The molecule has 18 heavy (non-hydrogen) atoms. The number of halogens is 1. The van der Waals surface area contributed by atoms with E-state index in [0.29, 0.717) is 11.8 Å². The average molecular weight is 250 g/mol. The fourth-order valence-corrected chi connectivity index (χ4v) is 3.23. The molecule has 1 N–H and O–H groups in total. The van der Waals surface area contributed by atoms with Crippen molar-refractivity contribution in [3.63, 3.8) is 0 Å². The summed E-state index contributed by atoms with van der Waals surface area (Å²) in [6.45, 7) is 4.62. The molecule has 2 heterocycles. The minimum absolute atomic E-state index is 0.309. The zero-order valence-electron chi connectivity index (χ0n) is 10.7. The first kappa shape index (κ1) is 11.7. The molecular formula is C13H19FN4. The summed E-state index contributed by atoms with van der Waals surface area (Å²) in [7, 11) is 0. The van der Waals surface area contributed by atoms with E-state index in [1.165, 1.54) is 25.5 Å². The third kappa shape index (κ3) is 2.02. The molecule has 2 atom stereocenters. The van der Waals surface area contributed by atoms with Crippen molar-refractivity contribution in [2.24, 2.45) is 11.8 Å². The van der Waals surface area contributed by atoms with Crippen molar-refractivity contribution in [3.05, 3.63) is 12.0 Å². The van der Waals surface area contributed by atoms with Crippen molar-refractivity contribution in [2.45, 2.75) is 26.2 Å². The van der Waals surface area contributed by atoms with Gasteiger partial charge in [0.2, 0.25) is 5.95 Å². The minimum atomic E-state index is -0.309. The topological polar surface area (TPSA) is 41.1 Å². The normalized spacial score (nSPS) is 26.4. The maximum absolute atomic E-state index is 13.8. The Hall–Kier alpha value is -1.39. The number of fused-ring (bicyclic) bond motifs is 1. The van der Waals surface area contributed by atoms with Gasteiger partial charge in [0.1, 0.15) is 0 Å². The van der Waals surface area contributed by atoms with Gasteiger partial charge in [0.25, 0.3) is 0 Å². The molecule has 2 aliphatic rings. The lowest BCUT2D eigenvalue weighted by atomic mass is 10.0. The number of rotatable bonds is 3. The van der Waals surface area contributed by atoms with Crippen molar-refractivity contribution >= 4 is 11.8 Å². The molecule has 0 amide bonds. The summed E-state index contributed by atoms with van der Waals surface area (Å²) in [6.07, 6.45) is 5.17. The quantitative estimate of drug-likeness (QED) is 0.893. The first-order chi connectivity index (χ1) is 8.78. The standard InChI is InChI=1S/C13H19FN4/c1-2-15-13-16-6-11(14)12(17-13)18-7-9-4-3-5-10(9)8-18/h6,9-10H,2-5,7-8H2,1H3,(H,15,16,17). The molecule has 0 aromatic carbocycles. The number of aromatic nitrogens is 2. The number of anilines is 2. The van der Waals surface area contributed by atoms with Crippen molar-refractivity contribution in [1.29, 1.82) is 0 Å². The predicted octanol–water partition coefficient (Wildman–Crippen LogP) is 2.28. The van der Waals surface area contributed by atoms with Crippen LogP contribution < -0.4 is 10.2 Å². The van der Waals surface area contributed by atoms with E-state index < -0.39 is 0 Å². The summed E-state index contributed by atoms with van der Waals surface area (Å²) in [6, 6.07) is 0. The Morgan fingerprint density at radius 1 is 1.39 bits per heavy atom. The van der Waals surface area contributed by atoms with E-state index in [0.717, 1.165) is 31.5 Å². The van der Waals surface area contributed by atoms with Gasteiger partial charge in [-0.1, -0.05) is 6.42 Å². The third-order valence-corrected chi connectivity index (χ3v) is 4.09. The van der Waals surface area contributed by atoms with Gasteiger partial charge in [-0.25, -0.2) is 9.37 Å². The molecular weight excluding hydrogens is 231 g/mol. The molecule has 4 nitrogen and oxygen atoms in total. The lowest BCUT2D eigenvalue weighted by molar-refractivity contribution is 0.494. The molecule has 1 aromatic heterocycles. The second-order valence-electron chi connectivity index (χ2n) is 5.25. The number of hydrogen-bond donors (Lipinski definition) is 1. The summed E-state index contributed by atoms with van der Waals surface area (Å²) in [5, 5.41) is 3.03. The van der Waals surface area contributed by atoms with Gasteiger partial charge in [0.15, 0.2) is 11.6 Å². The fraction of sp³-hybridized carbons (Fsp3) is 0.692. The van der Waals surface area contributed by atoms with Gasteiger partial charge in [-0.05, 0) is 31.6 Å². The van der Waals surface area contributed by atoms with Crippen LogP contribution in [0.15, 0.2) is 6.20 Å². The Labute approximate surface area is 107 Å². The lowest BCUT2D eigenvalue weighted by Crippen LogP contribution is -2.23. The number of nitrogens with one attached hydrogen (secondary N) is 1. The molecule has 2 unspecified atom stereocenters. The van der Waals surface area contributed by atoms with Crippen molar-refractivity contribution < 1.29 is 4.39 Å². The Kier molecular flexibility index (Phi) is 3.06. The highest BCUT2D eigenvalue weighted by Gasteiger charge is 2.37. The van der Waals surface area contributed by atoms with Gasteiger partial charge in [0.05, 0.1) is 6.20 Å². The van der Waals surface area contributed by atoms with Crippen LogP contribution in [-0.2, 0) is 0 Å². The van der Waals surface area contributed by atoms with Gasteiger partial charge < -0.3 is 10.2 Å². The SMILES string of the molecule is CCNc1ncc(F)c(N2CC3CCCC3C2)n1. The first-order valence-electron chi connectivity index (χ1n) is 6.79. The van der Waals surface area contributed by atoms with Crippen LogP contribution in [0.2, 0.25) is 0 Å². The summed E-state index contributed by atoms with van der Waals surface area (Å²) in [5.41, 5.74) is 0.